The van der Waals surface area contributed by atoms with Crippen LogP contribution in [-0.4, -0.2) is 5.10 Å². The molecule has 0 N–H and O–H groups in total. The van der Waals surface area contributed by atoms with Crippen molar-refractivity contribution in [1.29, 1.82) is 0 Å². The Morgan fingerprint density at radius 3 is 3.62 bits per heavy atom. The Morgan fingerprint density at radius 1 is 1.75 bits per heavy atom. The van der Waals surface area contributed by atoms with Crippen LogP contribution in [0.2, 0.25) is 0 Å². The first-order valence-corrected chi connectivity index (χ1v) is 3.03. The topological polar surface area (TPSA) is 30.1 Å². The smallest absolute Gasteiger partial charge is 0.376 e. The number of hydrogen-bond donors (Lipinski definition) is 0. The minimum Gasteiger partial charge on any atom is -0.376 e. The minimum atomic E-state index is 0.824. The second-order valence-electron chi connectivity index (χ2n) is 1.35. The van der Waals surface area contributed by atoms with Crippen LogP contribution in [0.25, 0.3) is 5.03 Å². The molecule has 0 atom stereocenters. The van der Waals surface area contributed by atoms with Gasteiger partial charge in [0.2, 0.25) is 6.20 Å². The maximum absolute atomic E-state index is 4.93. The zero-order valence-electron chi connectivity index (χ0n) is 3.94. The van der Waals surface area contributed by atoms with Crippen LogP contribution < -0.4 is 4.52 Å². The van der Waals surface area contributed by atoms with Crippen LogP contribution in [0.1, 0.15) is 0 Å². The zero-order valence-corrected chi connectivity index (χ0v) is 4.76. The average Bonchev–Trinajstić information content (AvgIpc) is 2.15. The van der Waals surface area contributed by atoms with Crippen LogP contribution in [0.4, 0.5) is 0 Å². The van der Waals surface area contributed by atoms with Crippen molar-refractivity contribution in [3.05, 3.63) is 18.0 Å². The summed E-state index contributed by atoms with van der Waals surface area (Å²) in [6.45, 7) is 0. The average molecular weight is 127 g/mol. The van der Waals surface area contributed by atoms with Crippen molar-refractivity contribution in [2.24, 2.45) is 0 Å². The van der Waals surface area contributed by atoms with Crippen molar-refractivity contribution in [3.8, 4) is 0 Å². The minimum absolute atomic E-state index is 0.824. The fourth-order valence-electron chi connectivity index (χ4n) is 0.548. The molecule has 0 amide bonds. The third kappa shape index (κ3) is 0.376. The van der Waals surface area contributed by atoms with Gasteiger partial charge in [0.25, 0.3) is 6.39 Å². The Kier molecular flexibility index (Phi) is 0.648. The van der Waals surface area contributed by atoms with Gasteiger partial charge in [-0.1, -0.05) is 0 Å². The van der Waals surface area contributed by atoms with Crippen LogP contribution in [0.15, 0.2) is 22.4 Å². The van der Waals surface area contributed by atoms with Crippen LogP contribution >= 0.6 is 11.3 Å². The lowest BCUT2D eigenvalue weighted by Gasteiger charge is -1.52. The van der Waals surface area contributed by atoms with E-state index in [2.05, 4.69) is 5.10 Å². The molecule has 2 aromatic heterocycles. The van der Waals surface area contributed by atoms with Gasteiger partial charge in [-0.3, -0.25) is 0 Å². The third-order valence-corrected chi connectivity index (χ3v) is 1.63. The van der Waals surface area contributed by atoms with E-state index in [9.17, 15) is 0 Å². The molecule has 0 aliphatic heterocycles. The first kappa shape index (κ1) is 4.03. The van der Waals surface area contributed by atoms with Crippen molar-refractivity contribution in [1.82, 2.24) is 5.10 Å². The van der Waals surface area contributed by atoms with Crippen molar-refractivity contribution in [2.75, 3.05) is 0 Å². The normalized spacial score (nSPS) is 10.5. The molecule has 0 spiro atoms. The molecule has 0 fully saturated rings. The molecule has 3 nitrogen and oxygen atoms in total. The number of hydrogen-bond acceptors (Lipinski definition) is 3. The van der Waals surface area contributed by atoms with Crippen LogP contribution in [-0.2, 0) is 0 Å². The lowest BCUT2D eigenvalue weighted by molar-refractivity contribution is -0.575. The van der Waals surface area contributed by atoms with E-state index >= 15 is 0 Å². The second-order valence-corrected chi connectivity index (χ2v) is 2.21. The van der Waals surface area contributed by atoms with Crippen molar-refractivity contribution >= 4 is 16.4 Å². The van der Waals surface area contributed by atoms with E-state index in [1.165, 1.54) is 17.7 Å². The molecule has 2 heterocycles. The number of fused-ring (bicyclic) bond motifs is 1. The molecule has 0 aliphatic carbocycles. The highest BCUT2D eigenvalue weighted by molar-refractivity contribution is 7.14. The molecule has 0 aromatic carbocycles. The van der Waals surface area contributed by atoms with Gasteiger partial charge >= 0.3 is 5.03 Å². The molecule has 8 heavy (non-hydrogen) atoms. The molecule has 0 unspecified atom stereocenters. The predicted octanol–water partition coefficient (Wildman–Crippen LogP) is 0.475. The third-order valence-electron chi connectivity index (χ3n) is 0.883. The first-order valence-electron chi connectivity index (χ1n) is 2.15. The lowest BCUT2D eigenvalue weighted by Crippen LogP contribution is -2.17. The van der Waals surface area contributed by atoms with E-state index in [1.54, 1.807) is 4.52 Å². The summed E-state index contributed by atoms with van der Waals surface area (Å²) in [5, 5.41) is 6.59. The predicted molar refractivity (Wildman–Crippen MR) is 27.5 cm³/mol. The van der Waals surface area contributed by atoms with Crippen molar-refractivity contribution < 1.29 is 8.93 Å². The Morgan fingerprint density at radius 2 is 2.75 bits per heavy atom. The molecule has 2 rings (SSSR count). The number of nitrogens with zero attached hydrogens (tertiary/aromatic N) is 2. The van der Waals surface area contributed by atoms with Crippen LogP contribution in [0, 0.1) is 0 Å². The van der Waals surface area contributed by atoms with Gasteiger partial charge < -0.3 is 4.42 Å². The number of thiazole rings is 1. The Bertz CT molecular complexity index is 235. The summed E-state index contributed by atoms with van der Waals surface area (Å²) in [5.41, 5.74) is 0. The molecule has 2 aromatic rings. The standard InChI is InChI=1S/C4H3N2OS/c1-2-8-4-6(1)5-3-7-4/h1-3H/q+1. The van der Waals surface area contributed by atoms with Crippen molar-refractivity contribution in [2.45, 2.75) is 0 Å². The molecule has 4 heteroatoms. The highest BCUT2D eigenvalue weighted by atomic mass is 32.1. The van der Waals surface area contributed by atoms with Gasteiger partial charge in [-0.2, -0.15) is 0 Å². The molecule has 40 valence electrons. The maximum Gasteiger partial charge on any atom is 0.468 e. The van der Waals surface area contributed by atoms with E-state index in [0.29, 0.717) is 0 Å². The van der Waals surface area contributed by atoms with Gasteiger partial charge in [-0.15, -0.1) is 0 Å². The van der Waals surface area contributed by atoms with Gasteiger partial charge in [0, 0.05) is 5.10 Å². The summed E-state index contributed by atoms with van der Waals surface area (Å²) in [6.07, 6.45) is 3.27. The fourth-order valence-corrected chi connectivity index (χ4v) is 1.16. The fraction of sp³-hybridized carbons (Fsp3) is 0. The zero-order chi connectivity index (χ0) is 5.40. The summed E-state index contributed by atoms with van der Waals surface area (Å²) < 4.78 is 6.61. The summed E-state index contributed by atoms with van der Waals surface area (Å²) in [7, 11) is 0. The number of aromatic nitrogens is 2. The molecule has 0 aliphatic rings. The highest BCUT2D eigenvalue weighted by Gasteiger charge is 2.05. The van der Waals surface area contributed by atoms with Gasteiger partial charge in [0.05, 0.1) is 5.38 Å². The van der Waals surface area contributed by atoms with E-state index < -0.39 is 0 Å². The van der Waals surface area contributed by atoms with Gasteiger partial charge in [-0.05, 0) is 15.9 Å². The van der Waals surface area contributed by atoms with Gasteiger partial charge in [-0.25, -0.2) is 0 Å². The summed E-state index contributed by atoms with van der Waals surface area (Å²) >= 11 is 1.53. The maximum atomic E-state index is 4.93. The molecule has 0 bridgehead atoms. The molecular formula is C4H3N2OS+. The van der Waals surface area contributed by atoms with E-state index in [4.69, 9.17) is 4.42 Å². The molecule has 0 saturated heterocycles. The summed E-state index contributed by atoms with van der Waals surface area (Å²) in [4.78, 5) is 0. The van der Waals surface area contributed by atoms with Crippen LogP contribution in [0.3, 0.4) is 0 Å². The molecule has 0 saturated carbocycles. The Balaban J connectivity index is 3.06. The van der Waals surface area contributed by atoms with E-state index in [1.807, 2.05) is 11.6 Å². The lowest BCUT2D eigenvalue weighted by atomic mass is 11.0. The molecule has 0 radical (unpaired) electrons. The SMILES string of the molecule is c1n[n+]2ccsc2o1. The van der Waals surface area contributed by atoms with E-state index in [-0.39, 0.29) is 0 Å². The Hall–Kier alpha value is -0.900. The molecular weight excluding hydrogens is 124 g/mol. The summed E-state index contributed by atoms with van der Waals surface area (Å²) in [6, 6.07) is 0. The second kappa shape index (κ2) is 1.29. The van der Waals surface area contributed by atoms with Gasteiger partial charge in [0.15, 0.2) is 0 Å². The first-order chi connectivity index (χ1) is 3.97. The van der Waals surface area contributed by atoms with Crippen LogP contribution in [0.5, 0.6) is 0 Å². The van der Waals surface area contributed by atoms with E-state index in [0.717, 1.165) is 5.03 Å². The van der Waals surface area contributed by atoms with Crippen molar-refractivity contribution in [3.63, 3.8) is 0 Å². The number of rotatable bonds is 0. The Labute approximate surface area is 49.2 Å². The summed E-state index contributed by atoms with van der Waals surface area (Å²) in [5.74, 6) is 0. The highest BCUT2D eigenvalue weighted by Crippen LogP contribution is 2.00. The largest absolute Gasteiger partial charge is 0.468 e. The monoisotopic (exact) mass is 127 g/mol. The quantitative estimate of drug-likeness (QED) is 0.482. The van der Waals surface area contributed by atoms with Gasteiger partial charge in [0.1, 0.15) is 0 Å².